The molecule has 1 aliphatic carbocycles. The molecule has 4 heterocycles. The highest BCUT2D eigenvalue weighted by atomic mass is 32.2. The quantitative estimate of drug-likeness (QED) is 0.240. The van der Waals surface area contributed by atoms with E-state index in [0.29, 0.717) is 39.3 Å². The molecular weight excluding hydrogens is 543 g/mol. The molecule has 2 amide bonds. The highest BCUT2D eigenvalue weighted by Crippen LogP contribution is 2.43. The van der Waals surface area contributed by atoms with Gasteiger partial charge in [0.25, 0.3) is 0 Å². The van der Waals surface area contributed by atoms with Crippen molar-refractivity contribution in [2.45, 2.75) is 48.9 Å². The zero-order valence-corrected chi connectivity index (χ0v) is 25.0. The topological polar surface area (TPSA) is 99.3 Å². The first kappa shape index (κ1) is 28.7. The van der Waals surface area contributed by atoms with Crippen molar-refractivity contribution in [2.75, 3.05) is 56.2 Å². The number of nitrogens with two attached hydrogens (primary N) is 1. The summed E-state index contributed by atoms with van der Waals surface area (Å²) in [6.45, 7) is 11.2. The zero-order chi connectivity index (χ0) is 28.1. The lowest BCUT2D eigenvalue weighted by Crippen LogP contribution is -2.45. The highest BCUT2D eigenvalue weighted by molar-refractivity contribution is 7.99. The van der Waals surface area contributed by atoms with E-state index in [9.17, 15) is 4.79 Å². The van der Waals surface area contributed by atoms with E-state index < -0.39 is 0 Å². The van der Waals surface area contributed by atoms with Crippen LogP contribution in [0.1, 0.15) is 37.3 Å². The number of thiophene rings is 1. The number of nitrogens with one attached hydrogen (secondary N) is 1. The predicted molar refractivity (Wildman–Crippen MR) is 166 cm³/mol. The second-order valence-electron chi connectivity index (χ2n) is 10.9. The first-order valence-electron chi connectivity index (χ1n) is 13.8. The number of nitrogens with zero attached hydrogens (tertiary/aromatic N) is 5. The molecule has 0 unspecified atom stereocenters. The van der Waals surface area contributed by atoms with E-state index >= 15 is 0 Å². The number of urea groups is 1. The molecule has 1 saturated heterocycles. The molecule has 0 aromatic carbocycles. The fourth-order valence-electron chi connectivity index (χ4n) is 4.79. The van der Waals surface area contributed by atoms with Crippen molar-refractivity contribution >= 4 is 46.3 Å². The number of morpholine rings is 1. The molecule has 2 aromatic rings. The maximum Gasteiger partial charge on any atom is 0.325 e. The van der Waals surface area contributed by atoms with Crippen molar-refractivity contribution in [3.63, 3.8) is 0 Å². The number of ether oxygens (including phenoxy) is 1. The molecular formula is C29H39N7O2S2. The van der Waals surface area contributed by atoms with E-state index in [1.165, 1.54) is 12.8 Å². The van der Waals surface area contributed by atoms with Gasteiger partial charge in [0.1, 0.15) is 10.8 Å². The summed E-state index contributed by atoms with van der Waals surface area (Å²) in [5.74, 6) is 0.942. The van der Waals surface area contributed by atoms with Gasteiger partial charge in [-0.2, -0.15) is 0 Å². The van der Waals surface area contributed by atoms with Gasteiger partial charge in [0, 0.05) is 51.2 Å². The number of rotatable bonds is 10. The number of carbonyl (C=O) groups excluding carboxylic acids is 1. The smallest absolute Gasteiger partial charge is 0.325 e. The molecule has 2 aliphatic heterocycles. The van der Waals surface area contributed by atoms with Crippen LogP contribution < -0.4 is 20.3 Å². The van der Waals surface area contributed by atoms with Crippen LogP contribution in [0.15, 0.2) is 57.5 Å². The van der Waals surface area contributed by atoms with Gasteiger partial charge in [-0.25, -0.2) is 9.78 Å². The van der Waals surface area contributed by atoms with E-state index in [4.69, 9.17) is 15.5 Å². The fraction of sp³-hybridized carbons (Fsp3) is 0.483. The second kappa shape index (κ2) is 12.8. The number of pyridine rings is 1. The number of anilines is 2. The molecule has 40 heavy (non-hydrogen) atoms. The van der Waals surface area contributed by atoms with Crippen molar-refractivity contribution in [3.8, 4) is 0 Å². The van der Waals surface area contributed by atoms with Gasteiger partial charge in [0.2, 0.25) is 0 Å². The number of aromatic nitrogens is 1. The van der Waals surface area contributed by atoms with Crippen molar-refractivity contribution in [1.82, 2.24) is 14.6 Å². The standard InChI is InChI=1S/C29H39N7O2S2/c1-21-14-24-15-26(40-33-29(2)7-8-29)39-27(24)36(28(37)35(19-21)9-6-22(16-30)17-31-3)20-23-4-5-25(32-18-23)34-10-12-38-13-11-34/h4-5,15-18,33H,1,6-14,19-20,30H2,2-3H3. The fourth-order valence-corrected chi connectivity index (χ4v) is 6.98. The van der Waals surface area contributed by atoms with Crippen molar-refractivity contribution in [1.29, 1.82) is 0 Å². The third-order valence-corrected chi connectivity index (χ3v) is 9.84. The Hall–Kier alpha value is -2.86. The number of amides is 2. The Morgan fingerprint density at radius 2 is 2.15 bits per heavy atom. The van der Waals surface area contributed by atoms with Crippen LogP contribution in [0.25, 0.3) is 0 Å². The number of fused-ring (bicyclic) bond motifs is 1. The molecule has 0 atom stereocenters. The summed E-state index contributed by atoms with van der Waals surface area (Å²) in [4.78, 5) is 29.1. The van der Waals surface area contributed by atoms with Gasteiger partial charge < -0.3 is 20.3 Å². The Bertz CT molecular complexity index is 1260. The maximum absolute atomic E-state index is 14.2. The Morgan fingerprint density at radius 1 is 1.35 bits per heavy atom. The Kier molecular flexibility index (Phi) is 9.14. The van der Waals surface area contributed by atoms with Crippen LogP contribution in [0.4, 0.5) is 15.6 Å². The molecule has 9 nitrogen and oxygen atoms in total. The third kappa shape index (κ3) is 7.06. The third-order valence-electron chi connectivity index (χ3n) is 7.43. The number of aliphatic imine (C=N–C) groups is 1. The van der Waals surface area contributed by atoms with Crippen LogP contribution >= 0.6 is 23.3 Å². The number of hydrogen-bond acceptors (Lipinski definition) is 9. The molecule has 1 saturated carbocycles. The first-order chi connectivity index (χ1) is 19.4. The molecule has 2 fully saturated rings. The van der Waals surface area contributed by atoms with Crippen LogP contribution in [0.2, 0.25) is 0 Å². The molecule has 0 bridgehead atoms. The van der Waals surface area contributed by atoms with Crippen LogP contribution in [0.3, 0.4) is 0 Å². The molecule has 11 heteroatoms. The van der Waals surface area contributed by atoms with Crippen molar-refractivity contribution in [3.05, 3.63) is 59.4 Å². The van der Waals surface area contributed by atoms with Crippen LogP contribution in [-0.4, -0.2) is 74.1 Å². The summed E-state index contributed by atoms with van der Waals surface area (Å²) in [6, 6.07) is 6.31. The highest BCUT2D eigenvalue weighted by Gasteiger charge is 2.37. The predicted octanol–water partition coefficient (Wildman–Crippen LogP) is 4.60. The first-order valence-corrected chi connectivity index (χ1v) is 15.4. The average Bonchev–Trinajstić information content (AvgIpc) is 3.58. The Morgan fingerprint density at radius 3 is 2.83 bits per heavy atom. The zero-order valence-electron chi connectivity index (χ0n) is 23.4. The number of hydrogen-bond donors (Lipinski definition) is 2. The summed E-state index contributed by atoms with van der Waals surface area (Å²) >= 11 is 3.34. The molecule has 0 radical (unpaired) electrons. The molecule has 3 N–H and O–H groups in total. The molecule has 0 spiro atoms. The lowest BCUT2D eigenvalue weighted by Gasteiger charge is -2.33. The van der Waals surface area contributed by atoms with Crippen LogP contribution in [-0.2, 0) is 17.7 Å². The SMILES string of the molecule is C=C1Cc2cc(SNC3(C)CC3)sc2N(Cc2ccc(N3CCOCC3)nc2)C(=O)N(CCC(C=NC)=CN)C1. The van der Waals surface area contributed by atoms with Gasteiger partial charge in [-0.05, 0) is 79.6 Å². The van der Waals surface area contributed by atoms with Gasteiger partial charge >= 0.3 is 6.03 Å². The average molecular weight is 582 g/mol. The Labute approximate surface area is 245 Å². The van der Waals surface area contributed by atoms with Gasteiger partial charge in [0.05, 0.1) is 24.0 Å². The normalized spacial score (nSPS) is 19.6. The summed E-state index contributed by atoms with van der Waals surface area (Å²) in [5.41, 5.74) is 10.1. The summed E-state index contributed by atoms with van der Waals surface area (Å²) < 4.78 is 10.2. The lowest BCUT2D eigenvalue weighted by atomic mass is 10.1. The van der Waals surface area contributed by atoms with Gasteiger partial charge in [-0.3, -0.25) is 14.6 Å². The van der Waals surface area contributed by atoms with E-state index in [0.717, 1.165) is 56.8 Å². The maximum atomic E-state index is 14.2. The van der Waals surface area contributed by atoms with Crippen LogP contribution in [0.5, 0.6) is 0 Å². The number of carbonyl (C=O) groups is 1. The Balaban J connectivity index is 1.41. The second-order valence-corrected chi connectivity index (χ2v) is 13.0. The molecule has 5 rings (SSSR count). The van der Waals surface area contributed by atoms with Crippen molar-refractivity contribution in [2.24, 2.45) is 10.7 Å². The summed E-state index contributed by atoms with van der Waals surface area (Å²) in [7, 11) is 1.72. The largest absolute Gasteiger partial charge is 0.404 e. The lowest BCUT2D eigenvalue weighted by molar-refractivity contribution is 0.122. The van der Waals surface area contributed by atoms with E-state index in [1.807, 2.05) is 22.1 Å². The van der Waals surface area contributed by atoms with E-state index in [-0.39, 0.29) is 11.6 Å². The van der Waals surface area contributed by atoms with E-state index in [2.05, 4.69) is 40.2 Å². The van der Waals surface area contributed by atoms with E-state index in [1.54, 1.807) is 42.7 Å². The monoisotopic (exact) mass is 581 g/mol. The minimum Gasteiger partial charge on any atom is -0.404 e. The van der Waals surface area contributed by atoms with Gasteiger partial charge in [0.15, 0.2) is 0 Å². The van der Waals surface area contributed by atoms with Gasteiger partial charge in [-0.15, -0.1) is 11.3 Å². The minimum atomic E-state index is -0.0373. The molecule has 3 aliphatic rings. The van der Waals surface area contributed by atoms with Crippen LogP contribution in [0, 0.1) is 0 Å². The summed E-state index contributed by atoms with van der Waals surface area (Å²) in [6.07, 6.45) is 8.94. The molecule has 214 valence electrons. The molecule has 2 aromatic heterocycles. The summed E-state index contributed by atoms with van der Waals surface area (Å²) in [5, 5.41) is 0.975. The minimum absolute atomic E-state index is 0.0373. The van der Waals surface area contributed by atoms with Gasteiger partial charge in [-0.1, -0.05) is 18.2 Å². The van der Waals surface area contributed by atoms with Crippen molar-refractivity contribution < 1.29 is 9.53 Å².